The van der Waals surface area contributed by atoms with Crippen LogP contribution in [-0.4, -0.2) is 27.1 Å². The highest BCUT2D eigenvalue weighted by Crippen LogP contribution is 2.46. The highest BCUT2D eigenvalue weighted by Gasteiger charge is 2.40. The van der Waals surface area contributed by atoms with Crippen LogP contribution < -0.4 is 18.9 Å². The maximum absolute atomic E-state index is 13.6. The van der Waals surface area contributed by atoms with E-state index in [0.717, 1.165) is 16.9 Å². The van der Waals surface area contributed by atoms with Gasteiger partial charge < -0.3 is 18.9 Å². The van der Waals surface area contributed by atoms with E-state index in [4.69, 9.17) is 18.9 Å². The van der Waals surface area contributed by atoms with Crippen molar-refractivity contribution in [2.24, 2.45) is 0 Å². The van der Waals surface area contributed by atoms with E-state index in [1.807, 2.05) is 54.6 Å². The van der Waals surface area contributed by atoms with Crippen LogP contribution in [0.4, 0.5) is 0 Å². The minimum absolute atomic E-state index is 0.00358. The first-order valence-corrected chi connectivity index (χ1v) is 9.32. The summed E-state index contributed by atoms with van der Waals surface area (Å²) in [7, 11) is 4.80. The van der Waals surface area contributed by atoms with Crippen molar-refractivity contribution in [1.29, 1.82) is 0 Å². The normalized spacial score (nSPS) is 17.8. The number of rotatable bonds is 5. The molecule has 0 saturated heterocycles. The van der Waals surface area contributed by atoms with Crippen molar-refractivity contribution < 1.29 is 23.7 Å². The first-order chi connectivity index (χ1) is 14.2. The monoisotopic (exact) mass is 390 g/mol. The predicted molar refractivity (Wildman–Crippen MR) is 109 cm³/mol. The molecular weight excluding hydrogens is 368 g/mol. The van der Waals surface area contributed by atoms with Crippen LogP contribution in [0.3, 0.4) is 0 Å². The molecule has 3 aromatic rings. The van der Waals surface area contributed by atoms with Crippen molar-refractivity contribution in [3.63, 3.8) is 0 Å². The third kappa shape index (κ3) is 3.40. The molecule has 5 nitrogen and oxygen atoms in total. The van der Waals surface area contributed by atoms with E-state index >= 15 is 0 Å². The lowest BCUT2D eigenvalue weighted by atomic mass is 9.80. The summed E-state index contributed by atoms with van der Waals surface area (Å²) < 4.78 is 22.5. The maximum atomic E-state index is 13.6. The van der Waals surface area contributed by atoms with Gasteiger partial charge in [0.05, 0.1) is 32.8 Å². The molecular formula is C24H22O5. The number of hydrogen-bond acceptors (Lipinski definition) is 5. The number of benzene rings is 3. The second-order valence-corrected chi connectivity index (χ2v) is 6.76. The molecule has 0 radical (unpaired) electrons. The Balaban J connectivity index is 1.86. The van der Waals surface area contributed by atoms with Crippen LogP contribution in [0.2, 0.25) is 0 Å². The predicted octanol–water partition coefficient (Wildman–Crippen LogP) is 4.81. The van der Waals surface area contributed by atoms with E-state index in [-0.39, 0.29) is 5.78 Å². The van der Waals surface area contributed by atoms with Crippen LogP contribution in [0.1, 0.15) is 33.5 Å². The Bertz CT molecular complexity index is 1030. The summed E-state index contributed by atoms with van der Waals surface area (Å²) in [6, 6.07) is 20.4. The Labute approximate surface area is 169 Å². The fourth-order valence-electron chi connectivity index (χ4n) is 3.72. The zero-order valence-corrected chi connectivity index (χ0v) is 16.5. The molecule has 0 aliphatic carbocycles. The van der Waals surface area contributed by atoms with Crippen molar-refractivity contribution in [2.45, 2.75) is 12.0 Å². The Morgan fingerprint density at radius 1 is 0.793 bits per heavy atom. The molecule has 4 rings (SSSR count). The number of Topliss-reactive ketones (excluding diaryl/α,β-unsaturated/α-hetero) is 1. The molecule has 5 heteroatoms. The van der Waals surface area contributed by atoms with E-state index in [9.17, 15) is 4.79 Å². The van der Waals surface area contributed by atoms with Crippen molar-refractivity contribution in [1.82, 2.24) is 0 Å². The van der Waals surface area contributed by atoms with Gasteiger partial charge in [0.25, 0.3) is 0 Å². The summed E-state index contributed by atoms with van der Waals surface area (Å²) in [5, 5.41) is 0. The summed E-state index contributed by atoms with van der Waals surface area (Å²) in [5.74, 6) is 2.02. The van der Waals surface area contributed by atoms with Crippen LogP contribution in [0.25, 0.3) is 0 Å². The molecule has 3 aromatic carbocycles. The lowest BCUT2D eigenvalue weighted by molar-refractivity contribution is 0.0778. The molecule has 1 heterocycles. The molecule has 0 aromatic heterocycles. The molecule has 0 saturated carbocycles. The number of carbonyl (C=O) groups is 1. The summed E-state index contributed by atoms with van der Waals surface area (Å²) in [6.45, 7) is 0. The Kier molecular flexibility index (Phi) is 5.12. The number of fused-ring (bicyclic) bond motifs is 1. The topological polar surface area (TPSA) is 54.0 Å². The molecule has 0 amide bonds. The third-order valence-electron chi connectivity index (χ3n) is 5.21. The van der Waals surface area contributed by atoms with E-state index in [1.54, 1.807) is 33.5 Å². The number of ether oxygens (including phenoxy) is 4. The lowest BCUT2D eigenvalue weighted by Crippen LogP contribution is -2.30. The van der Waals surface area contributed by atoms with Gasteiger partial charge in [-0.1, -0.05) is 30.3 Å². The van der Waals surface area contributed by atoms with Crippen LogP contribution in [0.5, 0.6) is 23.0 Å². The first-order valence-electron chi connectivity index (χ1n) is 9.32. The molecule has 0 unspecified atom stereocenters. The molecule has 2 atom stereocenters. The van der Waals surface area contributed by atoms with Crippen molar-refractivity contribution >= 4 is 5.78 Å². The molecule has 1 aliphatic heterocycles. The van der Waals surface area contributed by atoms with E-state index in [1.165, 1.54) is 0 Å². The number of carbonyl (C=O) groups excluding carboxylic acids is 1. The average molecular weight is 390 g/mol. The SMILES string of the molecule is COc1ccc([C@@H]2Oc3ccccc3C(=O)[C@H]2c2ccc(OC)cc2OC)cc1. The molecule has 0 bridgehead atoms. The van der Waals surface area contributed by atoms with Gasteiger partial charge in [0.1, 0.15) is 29.1 Å². The van der Waals surface area contributed by atoms with Gasteiger partial charge in [-0.3, -0.25) is 4.79 Å². The molecule has 0 fully saturated rings. The van der Waals surface area contributed by atoms with Crippen LogP contribution in [0.15, 0.2) is 66.7 Å². The number of hydrogen-bond donors (Lipinski definition) is 0. The number of methoxy groups -OCH3 is 3. The molecule has 148 valence electrons. The zero-order chi connectivity index (χ0) is 20.4. The standard InChI is InChI=1S/C24H22O5/c1-26-16-10-8-15(9-11-16)24-22(18-13-12-17(27-2)14-21(18)28-3)23(25)19-6-4-5-7-20(19)29-24/h4-14,22,24H,1-3H3/t22-,24+/m1/s1. The van der Waals surface area contributed by atoms with Gasteiger partial charge in [-0.2, -0.15) is 0 Å². The summed E-state index contributed by atoms with van der Waals surface area (Å²) >= 11 is 0. The number of para-hydroxylation sites is 1. The fourth-order valence-corrected chi connectivity index (χ4v) is 3.72. The van der Waals surface area contributed by atoms with E-state index in [0.29, 0.717) is 22.8 Å². The van der Waals surface area contributed by atoms with Gasteiger partial charge in [-0.15, -0.1) is 0 Å². The Morgan fingerprint density at radius 3 is 2.17 bits per heavy atom. The van der Waals surface area contributed by atoms with Crippen LogP contribution in [-0.2, 0) is 0 Å². The van der Waals surface area contributed by atoms with Gasteiger partial charge in [-0.05, 0) is 35.9 Å². The van der Waals surface area contributed by atoms with Gasteiger partial charge in [0.2, 0.25) is 0 Å². The minimum atomic E-state index is -0.556. The molecule has 1 aliphatic rings. The minimum Gasteiger partial charge on any atom is -0.497 e. The fraction of sp³-hybridized carbons (Fsp3) is 0.208. The smallest absolute Gasteiger partial charge is 0.178 e. The quantitative estimate of drug-likeness (QED) is 0.626. The zero-order valence-electron chi connectivity index (χ0n) is 16.5. The van der Waals surface area contributed by atoms with Crippen molar-refractivity contribution in [3.8, 4) is 23.0 Å². The van der Waals surface area contributed by atoms with Gasteiger partial charge in [-0.25, -0.2) is 0 Å². The van der Waals surface area contributed by atoms with E-state index < -0.39 is 12.0 Å². The molecule has 29 heavy (non-hydrogen) atoms. The summed E-state index contributed by atoms with van der Waals surface area (Å²) in [6.07, 6.45) is -0.495. The summed E-state index contributed by atoms with van der Waals surface area (Å²) in [5.41, 5.74) is 2.21. The van der Waals surface area contributed by atoms with Crippen molar-refractivity contribution in [2.75, 3.05) is 21.3 Å². The van der Waals surface area contributed by atoms with Crippen molar-refractivity contribution in [3.05, 3.63) is 83.4 Å². The van der Waals surface area contributed by atoms with Gasteiger partial charge in [0, 0.05) is 11.6 Å². The molecule has 0 N–H and O–H groups in total. The van der Waals surface area contributed by atoms with Gasteiger partial charge in [0.15, 0.2) is 5.78 Å². The maximum Gasteiger partial charge on any atom is 0.178 e. The van der Waals surface area contributed by atoms with Gasteiger partial charge >= 0.3 is 0 Å². The second-order valence-electron chi connectivity index (χ2n) is 6.76. The van der Waals surface area contributed by atoms with Crippen LogP contribution >= 0.6 is 0 Å². The highest BCUT2D eigenvalue weighted by molar-refractivity contribution is 6.05. The first kappa shape index (κ1) is 18.9. The van der Waals surface area contributed by atoms with Crippen LogP contribution in [0, 0.1) is 0 Å². The second kappa shape index (κ2) is 7.87. The largest absolute Gasteiger partial charge is 0.497 e. The lowest BCUT2D eigenvalue weighted by Gasteiger charge is -2.34. The molecule has 0 spiro atoms. The number of ketones is 1. The Morgan fingerprint density at radius 2 is 1.48 bits per heavy atom. The highest BCUT2D eigenvalue weighted by atomic mass is 16.5. The third-order valence-corrected chi connectivity index (χ3v) is 5.21. The average Bonchev–Trinajstić information content (AvgIpc) is 2.79. The Hall–Kier alpha value is -3.47. The van der Waals surface area contributed by atoms with E-state index in [2.05, 4.69) is 0 Å². The summed E-state index contributed by atoms with van der Waals surface area (Å²) in [4.78, 5) is 13.6.